The van der Waals surface area contributed by atoms with Crippen LogP contribution in [0.2, 0.25) is 0 Å². The summed E-state index contributed by atoms with van der Waals surface area (Å²) in [6.45, 7) is 5.65. The normalized spacial score (nSPS) is 15.2. The molecule has 0 amide bonds. The van der Waals surface area contributed by atoms with E-state index in [2.05, 4.69) is 24.6 Å². The number of aryl methyl sites for hydroxylation is 3. The molecule has 8 nitrogen and oxygen atoms in total. The van der Waals surface area contributed by atoms with Crippen LogP contribution in [-0.4, -0.2) is 41.0 Å². The van der Waals surface area contributed by atoms with E-state index in [4.69, 9.17) is 0 Å². The van der Waals surface area contributed by atoms with Crippen molar-refractivity contribution in [2.24, 2.45) is 7.05 Å². The molecule has 1 saturated heterocycles. The van der Waals surface area contributed by atoms with E-state index in [1.165, 1.54) is 6.20 Å². The number of sulfonamides is 1. The van der Waals surface area contributed by atoms with Crippen LogP contribution in [-0.2, 0) is 23.6 Å². The van der Waals surface area contributed by atoms with Gasteiger partial charge in [0, 0.05) is 38.1 Å². The van der Waals surface area contributed by atoms with Gasteiger partial charge in [0.1, 0.15) is 17.5 Å². The average Bonchev–Trinajstić information content (AvgIpc) is 3.16. The maximum Gasteiger partial charge on any atom is 0.259 e. The molecule has 1 N–H and O–H groups in total. The Morgan fingerprint density at radius 2 is 1.88 bits per heavy atom. The molecule has 1 fully saturated rings. The van der Waals surface area contributed by atoms with Gasteiger partial charge in [-0.25, -0.2) is 28.1 Å². The Labute approximate surface area is 142 Å². The van der Waals surface area contributed by atoms with E-state index in [0.29, 0.717) is 11.6 Å². The molecule has 0 radical (unpaired) electrons. The van der Waals surface area contributed by atoms with Crippen molar-refractivity contribution in [1.29, 1.82) is 0 Å². The van der Waals surface area contributed by atoms with E-state index in [-0.39, 0.29) is 11.6 Å². The van der Waals surface area contributed by atoms with E-state index in [0.717, 1.165) is 37.4 Å². The standard InChI is InChI=1S/C15H22N6O2S/c1-11-8-14(21-6-4-5-7-21)19-13(17-11)9-16-24(22,23)15-10-20(3)12(2)18-15/h8,10,16H,4-7,9H2,1-3H3. The molecule has 2 aromatic rings. The van der Waals surface area contributed by atoms with Gasteiger partial charge < -0.3 is 9.47 Å². The summed E-state index contributed by atoms with van der Waals surface area (Å²) in [5.41, 5.74) is 0.828. The molecule has 0 bridgehead atoms. The minimum Gasteiger partial charge on any atom is -0.357 e. The van der Waals surface area contributed by atoms with Gasteiger partial charge in [0.05, 0.1) is 6.54 Å². The first-order chi connectivity index (χ1) is 11.3. The summed E-state index contributed by atoms with van der Waals surface area (Å²) in [7, 11) is -1.92. The Bertz CT molecular complexity index is 820. The van der Waals surface area contributed by atoms with Crippen LogP contribution in [0.25, 0.3) is 0 Å². The van der Waals surface area contributed by atoms with Gasteiger partial charge in [-0.05, 0) is 26.7 Å². The Morgan fingerprint density at radius 1 is 1.17 bits per heavy atom. The van der Waals surface area contributed by atoms with Gasteiger partial charge >= 0.3 is 0 Å². The molecule has 2 aromatic heterocycles. The zero-order valence-corrected chi connectivity index (χ0v) is 15.0. The number of hydrogen-bond acceptors (Lipinski definition) is 6. The van der Waals surface area contributed by atoms with Crippen molar-refractivity contribution in [2.75, 3.05) is 18.0 Å². The molecule has 3 heterocycles. The van der Waals surface area contributed by atoms with E-state index in [1.807, 2.05) is 13.0 Å². The van der Waals surface area contributed by atoms with E-state index in [1.54, 1.807) is 18.5 Å². The molecule has 1 aliphatic heterocycles. The van der Waals surface area contributed by atoms with Gasteiger partial charge in [-0.15, -0.1) is 0 Å². The van der Waals surface area contributed by atoms with Crippen LogP contribution in [0.4, 0.5) is 5.82 Å². The van der Waals surface area contributed by atoms with Crippen LogP contribution >= 0.6 is 0 Å². The average molecular weight is 350 g/mol. The Hall–Kier alpha value is -2.00. The minimum absolute atomic E-state index is 0.00918. The van der Waals surface area contributed by atoms with Crippen LogP contribution in [0, 0.1) is 13.8 Å². The van der Waals surface area contributed by atoms with Gasteiger partial charge in [-0.2, -0.15) is 0 Å². The summed E-state index contributed by atoms with van der Waals surface area (Å²) in [5, 5.41) is 0.00918. The highest BCUT2D eigenvalue weighted by Gasteiger charge is 2.20. The number of rotatable bonds is 5. The Balaban J connectivity index is 1.76. The Morgan fingerprint density at radius 3 is 2.50 bits per heavy atom. The summed E-state index contributed by atoms with van der Waals surface area (Å²) < 4.78 is 28.9. The topological polar surface area (TPSA) is 93.0 Å². The zero-order chi connectivity index (χ0) is 17.3. The zero-order valence-electron chi connectivity index (χ0n) is 14.2. The highest BCUT2D eigenvalue weighted by molar-refractivity contribution is 7.89. The molecule has 0 aliphatic carbocycles. The first-order valence-corrected chi connectivity index (χ1v) is 9.42. The number of aromatic nitrogens is 4. The molecular weight excluding hydrogens is 328 g/mol. The van der Waals surface area contributed by atoms with E-state index < -0.39 is 10.0 Å². The van der Waals surface area contributed by atoms with Crippen molar-refractivity contribution in [1.82, 2.24) is 24.2 Å². The Kier molecular flexibility index (Phi) is 4.55. The lowest BCUT2D eigenvalue weighted by atomic mass is 10.4. The van der Waals surface area contributed by atoms with Crippen LogP contribution in [0.1, 0.15) is 30.2 Å². The van der Waals surface area contributed by atoms with Crippen LogP contribution < -0.4 is 9.62 Å². The third kappa shape index (κ3) is 3.57. The highest BCUT2D eigenvalue weighted by Crippen LogP contribution is 2.18. The third-order valence-electron chi connectivity index (χ3n) is 4.10. The smallest absolute Gasteiger partial charge is 0.259 e. The second kappa shape index (κ2) is 6.48. The van der Waals surface area contributed by atoms with Gasteiger partial charge in [-0.1, -0.05) is 0 Å². The summed E-state index contributed by atoms with van der Waals surface area (Å²) in [4.78, 5) is 15.1. The first kappa shape index (κ1) is 16.8. The maximum atomic E-state index is 12.3. The predicted molar refractivity (Wildman–Crippen MR) is 90.2 cm³/mol. The molecule has 24 heavy (non-hydrogen) atoms. The minimum atomic E-state index is -3.68. The molecule has 9 heteroatoms. The quantitative estimate of drug-likeness (QED) is 0.861. The number of imidazole rings is 1. The second-order valence-corrected chi connectivity index (χ2v) is 7.75. The number of nitrogens with one attached hydrogen (secondary N) is 1. The molecule has 0 saturated carbocycles. The number of hydrogen-bond donors (Lipinski definition) is 1. The van der Waals surface area contributed by atoms with E-state index in [9.17, 15) is 8.42 Å². The first-order valence-electron chi connectivity index (χ1n) is 7.94. The molecule has 0 spiro atoms. The SMILES string of the molecule is Cc1cc(N2CCCC2)nc(CNS(=O)(=O)c2cn(C)c(C)n2)n1. The van der Waals surface area contributed by atoms with E-state index >= 15 is 0 Å². The molecule has 0 atom stereocenters. The van der Waals surface area contributed by atoms with Crippen molar-refractivity contribution in [2.45, 2.75) is 38.3 Å². The van der Waals surface area contributed by atoms with Crippen molar-refractivity contribution in [3.63, 3.8) is 0 Å². The molecule has 1 aliphatic rings. The predicted octanol–water partition coefficient (Wildman–Crippen LogP) is 0.906. The molecule has 0 aromatic carbocycles. The monoisotopic (exact) mass is 350 g/mol. The third-order valence-corrected chi connectivity index (χ3v) is 5.37. The second-order valence-electron chi connectivity index (χ2n) is 6.04. The lowest BCUT2D eigenvalue weighted by Gasteiger charge is -2.17. The lowest BCUT2D eigenvalue weighted by Crippen LogP contribution is -2.26. The molecule has 130 valence electrons. The number of anilines is 1. The summed E-state index contributed by atoms with van der Waals surface area (Å²) in [5.74, 6) is 1.97. The fourth-order valence-corrected chi connectivity index (χ4v) is 3.70. The highest BCUT2D eigenvalue weighted by atomic mass is 32.2. The lowest BCUT2D eigenvalue weighted by molar-refractivity contribution is 0.575. The molecular formula is C15H22N6O2S. The van der Waals surface area contributed by atoms with Crippen molar-refractivity contribution in [3.05, 3.63) is 29.6 Å². The maximum absolute atomic E-state index is 12.3. The van der Waals surface area contributed by atoms with Crippen LogP contribution in [0.15, 0.2) is 17.3 Å². The van der Waals surface area contributed by atoms with Crippen molar-refractivity contribution >= 4 is 15.8 Å². The van der Waals surface area contributed by atoms with Gasteiger partial charge in [0.2, 0.25) is 0 Å². The summed E-state index contributed by atoms with van der Waals surface area (Å²) in [6.07, 6.45) is 3.80. The fraction of sp³-hybridized carbons (Fsp3) is 0.533. The summed E-state index contributed by atoms with van der Waals surface area (Å²) in [6, 6.07) is 1.94. The fourth-order valence-electron chi connectivity index (χ4n) is 2.69. The van der Waals surface area contributed by atoms with Gasteiger partial charge in [0.15, 0.2) is 5.03 Å². The van der Waals surface area contributed by atoms with Gasteiger partial charge in [-0.3, -0.25) is 0 Å². The van der Waals surface area contributed by atoms with Crippen LogP contribution in [0.5, 0.6) is 0 Å². The van der Waals surface area contributed by atoms with Crippen molar-refractivity contribution < 1.29 is 8.42 Å². The molecule has 0 unspecified atom stereocenters. The van der Waals surface area contributed by atoms with Crippen LogP contribution in [0.3, 0.4) is 0 Å². The summed E-state index contributed by atoms with van der Waals surface area (Å²) >= 11 is 0. The number of nitrogens with zero attached hydrogens (tertiary/aromatic N) is 5. The largest absolute Gasteiger partial charge is 0.357 e. The molecule has 3 rings (SSSR count). The van der Waals surface area contributed by atoms with Crippen molar-refractivity contribution in [3.8, 4) is 0 Å². The van der Waals surface area contributed by atoms with Gasteiger partial charge in [0.25, 0.3) is 10.0 Å².